The summed E-state index contributed by atoms with van der Waals surface area (Å²) in [6.45, 7) is 9.55. The van der Waals surface area contributed by atoms with Crippen LogP contribution >= 0.6 is 11.3 Å². The van der Waals surface area contributed by atoms with Gasteiger partial charge in [-0.25, -0.2) is 9.78 Å². The minimum absolute atomic E-state index is 0.226. The Morgan fingerprint density at radius 3 is 2.28 bits per heavy atom. The molecular weight excluding hydrogens is 424 g/mol. The van der Waals surface area contributed by atoms with E-state index in [1.165, 1.54) is 30.7 Å². The first-order valence-electron chi connectivity index (χ1n) is 10.4. The van der Waals surface area contributed by atoms with Crippen LogP contribution in [-0.4, -0.2) is 27.6 Å². The van der Waals surface area contributed by atoms with Crippen molar-refractivity contribution in [2.45, 2.75) is 52.7 Å². The zero-order valence-electron chi connectivity index (χ0n) is 18.9. The largest absolute Gasteiger partial charge is 0.478 e. The fourth-order valence-electron chi connectivity index (χ4n) is 3.05. The Bertz CT molecular complexity index is 1100. The van der Waals surface area contributed by atoms with Gasteiger partial charge in [-0.3, -0.25) is 4.79 Å². The number of hydrogen-bond donors (Lipinski definition) is 2. The number of carbonyl (C=O) groups excluding carboxylic acids is 1. The molecule has 1 heterocycles. The number of nitrogens with one attached hydrogen (secondary N) is 1. The Balaban J connectivity index is 1.63. The average molecular weight is 453 g/mol. The number of nitrogens with zero attached hydrogens (tertiary/aromatic N) is 1. The highest BCUT2D eigenvalue weighted by Gasteiger charge is 2.29. The zero-order valence-corrected chi connectivity index (χ0v) is 19.7. The minimum Gasteiger partial charge on any atom is -0.478 e. The molecule has 2 N–H and O–H groups in total. The van der Waals surface area contributed by atoms with Gasteiger partial charge in [-0.2, -0.15) is 0 Å². The fraction of sp³-hybridized carbons (Fsp3) is 0.320. The summed E-state index contributed by atoms with van der Waals surface area (Å²) in [4.78, 5) is 29.3. The summed E-state index contributed by atoms with van der Waals surface area (Å²) in [7, 11) is 0. The van der Waals surface area contributed by atoms with Gasteiger partial charge in [0.15, 0.2) is 10.6 Å². The normalized spacial score (nSPS) is 11.4. The standard InChI is InChI=1S/C25H28N2O4S/c1-15(2)18-8-10-19(11-9-18)21-16(3)27-23(32-21)22(28)26-14-17-6-12-20(13-7-17)31-25(4,5)24(29)30/h6-13,15H,14H2,1-5H3,(H,26,28)(H,29,30). The lowest BCUT2D eigenvalue weighted by molar-refractivity contribution is -0.152. The molecular formula is C25H28N2O4S. The van der Waals surface area contributed by atoms with E-state index in [1.54, 1.807) is 24.3 Å². The van der Waals surface area contributed by atoms with E-state index in [-0.39, 0.29) is 5.91 Å². The maximum absolute atomic E-state index is 12.6. The van der Waals surface area contributed by atoms with E-state index in [1.807, 2.05) is 6.92 Å². The summed E-state index contributed by atoms with van der Waals surface area (Å²) in [6.07, 6.45) is 0. The Kier molecular flexibility index (Phi) is 6.99. The Hall–Kier alpha value is -3.19. The number of aromatic nitrogens is 1. The zero-order chi connectivity index (χ0) is 23.5. The minimum atomic E-state index is -1.31. The van der Waals surface area contributed by atoms with Crippen LogP contribution in [0.4, 0.5) is 0 Å². The van der Waals surface area contributed by atoms with Gasteiger partial charge in [0.1, 0.15) is 5.75 Å². The molecule has 0 unspecified atom stereocenters. The molecule has 3 rings (SSSR count). The third kappa shape index (κ3) is 5.53. The topological polar surface area (TPSA) is 88.5 Å². The average Bonchev–Trinajstić information content (AvgIpc) is 3.14. The number of carboxylic acid groups (broad SMARTS) is 1. The highest BCUT2D eigenvalue weighted by atomic mass is 32.1. The van der Waals surface area contributed by atoms with Crippen LogP contribution in [0.2, 0.25) is 0 Å². The number of aryl methyl sites for hydroxylation is 1. The van der Waals surface area contributed by atoms with Crippen LogP contribution in [0.25, 0.3) is 10.4 Å². The molecule has 1 aromatic heterocycles. The monoisotopic (exact) mass is 452 g/mol. The van der Waals surface area contributed by atoms with E-state index in [9.17, 15) is 9.59 Å². The molecule has 0 saturated carbocycles. The third-order valence-electron chi connectivity index (χ3n) is 5.09. The number of hydrogen-bond acceptors (Lipinski definition) is 5. The molecule has 2 aromatic carbocycles. The molecule has 0 bridgehead atoms. The van der Waals surface area contributed by atoms with Gasteiger partial charge >= 0.3 is 5.97 Å². The van der Waals surface area contributed by atoms with Crippen molar-refractivity contribution in [2.75, 3.05) is 0 Å². The second-order valence-electron chi connectivity index (χ2n) is 8.45. The van der Waals surface area contributed by atoms with E-state index < -0.39 is 11.6 Å². The molecule has 0 aliphatic carbocycles. The quantitative estimate of drug-likeness (QED) is 0.477. The molecule has 0 fully saturated rings. The summed E-state index contributed by atoms with van der Waals surface area (Å²) in [6, 6.07) is 15.4. The molecule has 1 amide bonds. The van der Waals surface area contributed by atoms with Crippen LogP contribution in [0.1, 0.15) is 60.2 Å². The molecule has 32 heavy (non-hydrogen) atoms. The molecule has 0 atom stereocenters. The molecule has 6 nitrogen and oxygen atoms in total. The van der Waals surface area contributed by atoms with Crippen LogP contribution in [0.3, 0.4) is 0 Å². The molecule has 7 heteroatoms. The van der Waals surface area contributed by atoms with E-state index >= 15 is 0 Å². The number of rotatable bonds is 8. The Morgan fingerprint density at radius 2 is 1.72 bits per heavy atom. The summed E-state index contributed by atoms with van der Waals surface area (Å²) in [5.74, 6) is -0.341. The first kappa shape index (κ1) is 23.5. The summed E-state index contributed by atoms with van der Waals surface area (Å²) >= 11 is 1.38. The lowest BCUT2D eigenvalue weighted by Crippen LogP contribution is -2.37. The van der Waals surface area contributed by atoms with Crippen molar-refractivity contribution in [1.29, 1.82) is 0 Å². The van der Waals surface area contributed by atoms with Gasteiger partial charge in [-0.1, -0.05) is 50.2 Å². The predicted octanol–water partition coefficient (Wildman–Crippen LogP) is 5.41. The second kappa shape index (κ2) is 9.53. The number of carbonyl (C=O) groups is 2. The third-order valence-corrected chi connectivity index (χ3v) is 6.30. The molecule has 0 aliphatic heterocycles. The van der Waals surface area contributed by atoms with E-state index in [0.29, 0.717) is 23.2 Å². The van der Waals surface area contributed by atoms with Gasteiger partial charge in [0, 0.05) is 6.54 Å². The molecule has 168 valence electrons. The second-order valence-corrected chi connectivity index (χ2v) is 9.45. The molecule has 0 spiro atoms. The van der Waals surface area contributed by atoms with Crippen LogP contribution in [-0.2, 0) is 11.3 Å². The number of aliphatic carboxylic acids is 1. The van der Waals surface area contributed by atoms with Gasteiger partial charge in [0.05, 0.1) is 10.6 Å². The number of benzene rings is 2. The van der Waals surface area contributed by atoms with E-state index in [4.69, 9.17) is 9.84 Å². The maximum Gasteiger partial charge on any atom is 0.347 e. The molecule has 0 radical (unpaired) electrons. The molecule has 0 aliphatic rings. The predicted molar refractivity (Wildman–Crippen MR) is 126 cm³/mol. The smallest absolute Gasteiger partial charge is 0.347 e. The van der Waals surface area contributed by atoms with Crippen molar-refractivity contribution in [1.82, 2.24) is 10.3 Å². The Labute approximate surface area is 192 Å². The van der Waals surface area contributed by atoms with Crippen molar-refractivity contribution in [2.24, 2.45) is 0 Å². The SMILES string of the molecule is Cc1nc(C(=O)NCc2ccc(OC(C)(C)C(=O)O)cc2)sc1-c1ccc(C(C)C)cc1. The van der Waals surface area contributed by atoms with Gasteiger partial charge in [0.25, 0.3) is 5.91 Å². The van der Waals surface area contributed by atoms with Crippen molar-refractivity contribution >= 4 is 23.2 Å². The number of thiazole rings is 1. The summed E-state index contributed by atoms with van der Waals surface area (Å²) < 4.78 is 5.50. The molecule has 0 saturated heterocycles. The van der Waals surface area contributed by atoms with Gasteiger partial charge < -0.3 is 15.2 Å². The van der Waals surface area contributed by atoms with E-state index in [0.717, 1.165) is 21.7 Å². The van der Waals surface area contributed by atoms with Crippen LogP contribution in [0, 0.1) is 6.92 Å². The van der Waals surface area contributed by atoms with Gasteiger partial charge in [-0.15, -0.1) is 11.3 Å². The summed E-state index contributed by atoms with van der Waals surface area (Å²) in [5, 5.41) is 12.5. The van der Waals surface area contributed by atoms with Crippen LogP contribution in [0.15, 0.2) is 48.5 Å². The highest BCUT2D eigenvalue weighted by molar-refractivity contribution is 7.17. The lowest BCUT2D eigenvalue weighted by atomic mass is 10.0. The summed E-state index contributed by atoms with van der Waals surface area (Å²) in [5.41, 5.74) is 2.72. The van der Waals surface area contributed by atoms with Crippen molar-refractivity contribution < 1.29 is 19.4 Å². The van der Waals surface area contributed by atoms with Crippen molar-refractivity contribution in [3.05, 3.63) is 70.4 Å². The number of amides is 1. The van der Waals surface area contributed by atoms with Gasteiger partial charge in [0.2, 0.25) is 0 Å². The van der Waals surface area contributed by atoms with Crippen molar-refractivity contribution in [3.63, 3.8) is 0 Å². The van der Waals surface area contributed by atoms with Crippen molar-refractivity contribution in [3.8, 4) is 16.2 Å². The first-order valence-corrected chi connectivity index (χ1v) is 11.3. The fourth-order valence-corrected chi connectivity index (χ4v) is 4.04. The van der Waals surface area contributed by atoms with Crippen LogP contribution < -0.4 is 10.1 Å². The van der Waals surface area contributed by atoms with Crippen LogP contribution in [0.5, 0.6) is 5.75 Å². The molecule has 3 aromatic rings. The lowest BCUT2D eigenvalue weighted by Gasteiger charge is -2.21. The number of ether oxygens (including phenoxy) is 1. The van der Waals surface area contributed by atoms with Gasteiger partial charge in [-0.05, 0) is 55.5 Å². The van der Waals surface area contributed by atoms with E-state index in [2.05, 4.69) is 48.4 Å². The highest BCUT2D eigenvalue weighted by Crippen LogP contribution is 2.31. The maximum atomic E-state index is 12.6. The Morgan fingerprint density at radius 1 is 1.09 bits per heavy atom. The first-order chi connectivity index (χ1) is 15.1. The number of carboxylic acids is 1.